The summed E-state index contributed by atoms with van der Waals surface area (Å²) in [5, 5.41) is 7.39. The van der Waals surface area contributed by atoms with Crippen LogP contribution in [0.1, 0.15) is 0 Å². The Hall–Kier alpha value is -7.72. The van der Waals surface area contributed by atoms with Crippen LogP contribution < -0.4 is 4.90 Å². The molecule has 0 aliphatic rings. The lowest BCUT2D eigenvalue weighted by molar-refractivity contribution is 0.670. The lowest BCUT2D eigenvalue weighted by atomic mass is 9.95. The molecule has 286 valence electrons. The quantitative estimate of drug-likeness (QED) is 0.160. The van der Waals surface area contributed by atoms with Gasteiger partial charge in [-0.2, -0.15) is 0 Å². The van der Waals surface area contributed by atoms with Crippen LogP contribution in [0.15, 0.2) is 229 Å². The molecular formula is C58H37NOS. The summed E-state index contributed by atoms with van der Waals surface area (Å²) in [5.41, 5.74) is 14.4. The number of hydrogen-bond acceptors (Lipinski definition) is 3. The summed E-state index contributed by atoms with van der Waals surface area (Å²) in [7, 11) is 0. The Balaban J connectivity index is 0.951. The number of para-hydroxylation sites is 2. The maximum atomic E-state index is 6.45. The first kappa shape index (κ1) is 35.2. The lowest BCUT2D eigenvalue weighted by Gasteiger charge is -2.26. The summed E-state index contributed by atoms with van der Waals surface area (Å²) in [4.78, 5) is 2.36. The van der Waals surface area contributed by atoms with Crippen molar-refractivity contribution in [3.63, 3.8) is 0 Å². The van der Waals surface area contributed by atoms with Crippen molar-refractivity contribution in [1.82, 2.24) is 0 Å². The van der Waals surface area contributed by atoms with E-state index in [-0.39, 0.29) is 0 Å². The SMILES string of the molecule is c1cc(-c2cccc(N(c3ccc(-c4ccc5sc6ccccc6c5c4)cc3)c3ccc(-c4cccc5c4oc4ccccc45)cc3)c2)cc(-c2cccc3ccccc23)c1. The number of anilines is 3. The molecule has 0 unspecified atom stereocenters. The van der Waals surface area contributed by atoms with E-state index in [9.17, 15) is 0 Å². The fraction of sp³-hybridized carbons (Fsp3) is 0. The molecular weight excluding hydrogens is 759 g/mol. The number of rotatable bonds is 7. The van der Waals surface area contributed by atoms with Gasteiger partial charge in [-0.3, -0.25) is 0 Å². The summed E-state index contributed by atoms with van der Waals surface area (Å²) in [6.45, 7) is 0. The third kappa shape index (κ3) is 6.18. The Morgan fingerprint density at radius 3 is 1.74 bits per heavy atom. The molecule has 2 nitrogen and oxygen atoms in total. The maximum absolute atomic E-state index is 6.45. The third-order valence-electron chi connectivity index (χ3n) is 12.1. The van der Waals surface area contributed by atoms with Crippen LogP contribution in [0.3, 0.4) is 0 Å². The first-order valence-electron chi connectivity index (χ1n) is 20.7. The molecule has 2 aromatic heterocycles. The van der Waals surface area contributed by atoms with Crippen LogP contribution in [-0.2, 0) is 0 Å². The van der Waals surface area contributed by atoms with Gasteiger partial charge in [-0.1, -0.05) is 158 Å². The number of hydrogen-bond donors (Lipinski definition) is 0. The molecule has 0 saturated heterocycles. The van der Waals surface area contributed by atoms with Gasteiger partial charge in [0.15, 0.2) is 0 Å². The van der Waals surface area contributed by atoms with Crippen LogP contribution in [0.5, 0.6) is 0 Å². The maximum Gasteiger partial charge on any atom is 0.143 e. The summed E-state index contributed by atoms with van der Waals surface area (Å²) in [6, 6.07) is 81.2. The van der Waals surface area contributed by atoms with Gasteiger partial charge in [-0.05, 0) is 116 Å². The monoisotopic (exact) mass is 795 g/mol. The molecule has 0 radical (unpaired) electrons. The van der Waals surface area contributed by atoms with E-state index in [1.807, 2.05) is 23.5 Å². The van der Waals surface area contributed by atoms with Crippen molar-refractivity contribution in [2.24, 2.45) is 0 Å². The second kappa shape index (κ2) is 14.5. The largest absolute Gasteiger partial charge is 0.455 e. The molecule has 3 heteroatoms. The standard InChI is InChI=1S/C58H37NOS/c1-2-17-48-39(11-1)12-9-20-49(48)44-15-7-13-41(35-44)42-14-8-16-47(36-42)59(45-30-25-38(26-31-45)43-29-34-57-54(37-43)52-19-4-6-24-56(52)61-57)46-32-27-40(28-33-46)50-21-10-22-53-51-18-3-5-23-55(51)60-58(50)53/h1-37H. The Morgan fingerprint density at radius 2 is 0.885 bits per heavy atom. The molecule has 0 atom stereocenters. The molecule has 12 rings (SSSR count). The van der Waals surface area contributed by atoms with E-state index in [1.54, 1.807) is 0 Å². The second-order valence-electron chi connectivity index (χ2n) is 15.7. The van der Waals surface area contributed by atoms with Crippen molar-refractivity contribution in [3.8, 4) is 44.5 Å². The number of fused-ring (bicyclic) bond motifs is 7. The molecule has 0 N–H and O–H groups in total. The van der Waals surface area contributed by atoms with Crippen LogP contribution in [0.2, 0.25) is 0 Å². The van der Waals surface area contributed by atoms with E-state index >= 15 is 0 Å². The minimum atomic E-state index is 0.905. The zero-order chi connectivity index (χ0) is 40.3. The molecule has 0 aliphatic carbocycles. The summed E-state index contributed by atoms with van der Waals surface area (Å²) in [6.07, 6.45) is 0. The number of nitrogens with zero attached hydrogens (tertiary/aromatic N) is 1. The first-order chi connectivity index (χ1) is 30.2. The number of benzene rings is 10. The van der Waals surface area contributed by atoms with Gasteiger partial charge in [0.2, 0.25) is 0 Å². The van der Waals surface area contributed by atoms with Crippen molar-refractivity contribution in [3.05, 3.63) is 224 Å². The number of thiophene rings is 1. The highest BCUT2D eigenvalue weighted by Crippen LogP contribution is 2.42. The Labute approximate surface area is 357 Å². The average molecular weight is 796 g/mol. The van der Waals surface area contributed by atoms with E-state index < -0.39 is 0 Å². The van der Waals surface area contributed by atoms with Crippen molar-refractivity contribution in [2.45, 2.75) is 0 Å². The van der Waals surface area contributed by atoms with Gasteiger partial charge in [0, 0.05) is 53.6 Å². The van der Waals surface area contributed by atoms with Crippen LogP contribution in [-0.4, -0.2) is 0 Å². The Bertz CT molecular complexity index is 3590. The van der Waals surface area contributed by atoms with Crippen LogP contribution >= 0.6 is 11.3 Å². The lowest BCUT2D eigenvalue weighted by Crippen LogP contribution is -2.10. The van der Waals surface area contributed by atoms with Gasteiger partial charge in [-0.15, -0.1) is 11.3 Å². The fourth-order valence-electron chi connectivity index (χ4n) is 9.09. The minimum absolute atomic E-state index is 0.905. The van der Waals surface area contributed by atoms with Gasteiger partial charge in [0.05, 0.1) is 0 Å². The predicted molar refractivity (Wildman–Crippen MR) is 261 cm³/mol. The average Bonchev–Trinajstić information content (AvgIpc) is 3.90. The molecule has 2 heterocycles. The van der Waals surface area contributed by atoms with E-state index in [4.69, 9.17) is 4.42 Å². The van der Waals surface area contributed by atoms with E-state index in [0.29, 0.717) is 0 Å². The molecule has 61 heavy (non-hydrogen) atoms. The predicted octanol–water partition coefficient (Wildman–Crippen LogP) is 17.2. The highest BCUT2D eigenvalue weighted by molar-refractivity contribution is 7.25. The van der Waals surface area contributed by atoms with E-state index in [0.717, 1.165) is 55.7 Å². The first-order valence-corrected chi connectivity index (χ1v) is 21.5. The second-order valence-corrected chi connectivity index (χ2v) is 16.8. The third-order valence-corrected chi connectivity index (χ3v) is 13.2. The molecule has 12 aromatic rings. The van der Waals surface area contributed by atoms with Crippen molar-refractivity contribution in [1.29, 1.82) is 0 Å². The Morgan fingerprint density at radius 1 is 0.311 bits per heavy atom. The topological polar surface area (TPSA) is 16.4 Å². The molecule has 0 saturated carbocycles. The van der Waals surface area contributed by atoms with Crippen LogP contribution in [0.4, 0.5) is 17.1 Å². The van der Waals surface area contributed by atoms with E-state index in [1.165, 1.54) is 58.8 Å². The van der Waals surface area contributed by atoms with Gasteiger partial charge < -0.3 is 9.32 Å². The van der Waals surface area contributed by atoms with Crippen LogP contribution in [0.25, 0.3) is 97.4 Å². The van der Waals surface area contributed by atoms with Gasteiger partial charge >= 0.3 is 0 Å². The molecule has 0 fully saturated rings. The summed E-state index contributed by atoms with van der Waals surface area (Å²) < 4.78 is 9.08. The summed E-state index contributed by atoms with van der Waals surface area (Å²) >= 11 is 1.86. The molecule has 0 bridgehead atoms. The zero-order valence-corrected chi connectivity index (χ0v) is 33.9. The molecule has 0 amide bonds. The van der Waals surface area contributed by atoms with Gasteiger partial charge in [-0.25, -0.2) is 0 Å². The highest BCUT2D eigenvalue weighted by atomic mass is 32.1. The zero-order valence-electron chi connectivity index (χ0n) is 33.1. The van der Waals surface area contributed by atoms with Crippen LogP contribution in [0, 0.1) is 0 Å². The summed E-state index contributed by atoms with van der Waals surface area (Å²) in [5.74, 6) is 0. The van der Waals surface area contributed by atoms with Crippen molar-refractivity contribution in [2.75, 3.05) is 4.90 Å². The Kier molecular flexibility index (Phi) is 8.39. The number of furan rings is 1. The fourth-order valence-corrected chi connectivity index (χ4v) is 10.2. The molecule has 0 aliphatic heterocycles. The minimum Gasteiger partial charge on any atom is -0.455 e. The molecule has 10 aromatic carbocycles. The smallest absolute Gasteiger partial charge is 0.143 e. The van der Waals surface area contributed by atoms with Gasteiger partial charge in [0.25, 0.3) is 0 Å². The van der Waals surface area contributed by atoms with Crippen molar-refractivity contribution < 1.29 is 4.42 Å². The highest BCUT2D eigenvalue weighted by Gasteiger charge is 2.17. The molecule has 0 spiro atoms. The van der Waals surface area contributed by atoms with E-state index in [2.05, 4.69) is 217 Å². The van der Waals surface area contributed by atoms with Gasteiger partial charge in [0.1, 0.15) is 11.2 Å². The van der Waals surface area contributed by atoms with Crippen molar-refractivity contribution >= 4 is 81.3 Å². The normalized spacial score (nSPS) is 11.6.